The molecule has 6 nitrogen and oxygen atoms in total. The van der Waals surface area contributed by atoms with Crippen LogP contribution in [0, 0.1) is 0 Å². The molecule has 6 heteroatoms. The fourth-order valence-electron chi connectivity index (χ4n) is 2.25. The van der Waals surface area contributed by atoms with Gasteiger partial charge < -0.3 is 9.84 Å². The van der Waals surface area contributed by atoms with Gasteiger partial charge in [-0.1, -0.05) is 0 Å². The average Bonchev–Trinajstić information content (AvgIpc) is 2.42. The Morgan fingerprint density at radius 2 is 2.20 bits per heavy atom. The fraction of sp³-hybridized carbons (Fsp3) is 0.429. The first-order chi connectivity index (χ1) is 9.51. The third-order valence-corrected chi connectivity index (χ3v) is 3.39. The van der Waals surface area contributed by atoms with E-state index in [4.69, 9.17) is 4.74 Å². The van der Waals surface area contributed by atoms with E-state index in [1.54, 1.807) is 25.3 Å². The summed E-state index contributed by atoms with van der Waals surface area (Å²) in [6.45, 7) is 1.85. The minimum absolute atomic E-state index is 0.137. The first kappa shape index (κ1) is 14.3. The lowest BCUT2D eigenvalue weighted by Crippen LogP contribution is -2.51. The molecule has 2 amide bonds. The number of hydrogen-bond donors (Lipinski definition) is 3. The molecule has 1 heterocycles. The van der Waals surface area contributed by atoms with Crippen molar-refractivity contribution in [2.75, 3.05) is 7.11 Å². The molecule has 1 aliphatic heterocycles. The molecule has 0 bridgehead atoms. The molecule has 108 valence electrons. The zero-order valence-corrected chi connectivity index (χ0v) is 11.5. The molecule has 1 aliphatic rings. The highest BCUT2D eigenvalue weighted by Crippen LogP contribution is 2.28. The van der Waals surface area contributed by atoms with Crippen LogP contribution < -0.4 is 15.4 Å². The number of ether oxygens (including phenoxy) is 1. The molecule has 1 aromatic rings. The quantitative estimate of drug-likeness (QED) is 0.711. The number of carbonyl (C=O) groups excluding carboxylic acids is 2. The van der Waals surface area contributed by atoms with Gasteiger partial charge in [0.25, 0.3) is 0 Å². The van der Waals surface area contributed by atoms with Crippen molar-refractivity contribution >= 4 is 11.8 Å². The number of nitrogens with one attached hydrogen (secondary N) is 2. The van der Waals surface area contributed by atoms with Crippen molar-refractivity contribution in [2.45, 2.75) is 31.8 Å². The van der Waals surface area contributed by atoms with Gasteiger partial charge in [-0.15, -0.1) is 0 Å². The van der Waals surface area contributed by atoms with E-state index in [9.17, 15) is 14.7 Å². The Hall–Kier alpha value is -2.08. The van der Waals surface area contributed by atoms with Gasteiger partial charge in [0, 0.05) is 18.0 Å². The lowest BCUT2D eigenvalue weighted by molar-refractivity contribution is -0.134. The maximum Gasteiger partial charge on any atom is 0.243 e. The molecule has 2 atom stereocenters. The highest BCUT2D eigenvalue weighted by Gasteiger charge is 2.28. The zero-order valence-electron chi connectivity index (χ0n) is 11.5. The molecule has 2 rings (SSSR count). The molecular formula is C14H18N2O4. The molecule has 0 aromatic heterocycles. The maximum absolute atomic E-state index is 11.7. The smallest absolute Gasteiger partial charge is 0.243 e. The Bertz CT molecular complexity index is 530. The third kappa shape index (κ3) is 3.08. The van der Waals surface area contributed by atoms with E-state index >= 15 is 0 Å². The fourth-order valence-corrected chi connectivity index (χ4v) is 2.25. The molecule has 1 aromatic carbocycles. The SMILES string of the molecule is COc1ccc(O)c(C(C)NC2CCC(=O)NC2=O)c1. The number of imide groups is 1. The summed E-state index contributed by atoms with van der Waals surface area (Å²) in [6.07, 6.45) is 0.778. The van der Waals surface area contributed by atoms with E-state index < -0.39 is 6.04 Å². The van der Waals surface area contributed by atoms with Crippen molar-refractivity contribution < 1.29 is 19.4 Å². The summed E-state index contributed by atoms with van der Waals surface area (Å²) in [4.78, 5) is 22.8. The minimum atomic E-state index is -0.437. The van der Waals surface area contributed by atoms with Crippen LogP contribution in [0.3, 0.4) is 0 Å². The van der Waals surface area contributed by atoms with Crippen molar-refractivity contribution in [2.24, 2.45) is 0 Å². The van der Waals surface area contributed by atoms with Crippen LogP contribution >= 0.6 is 0 Å². The summed E-state index contributed by atoms with van der Waals surface area (Å²) in [5.74, 6) is 0.202. The van der Waals surface area contributed by atoms with Crippen LogP contribution in [0.4, 0.5) is 0 Å². The van der Waals surface area contributed by atoms with Crippen molar-refractivity contribution in [1.29, 1.82) is 0 Å². The Morgan fingerprint density at radius 1 is 1.45 bits per heavy atom. The molecule has 20 heavy (non-hydrogen) atoms. The van der Waals surface area contributed by atoms with Crippen molar-refractivity contribution in [3.05, 3.63) is 23.8 Å². The second-order valence-electron chi connectivity index (χ2n) is 4.82. The summed E-state index contributed by atoms with van der Waals surface area (Å²) in [6, 6.07) is 4.26. The van der Waals surface area contributed by atoms with Crippen molar-refractivity contribution in [3.8, 4) is 11.5 Å². The van der Waals surface area contributed by atoms with Gasteiger partial charge in [-0.05, 0) is 31.5 Å². The molecular weight excluding hydrogens is 260 g/mol. The van der Waals surface area contributed by atoms with Crippen molar-refractivity contribution in [1.82, 2.24) is 10.6 Å². The lowest BCUT2D eigenvalue weighted by atomic mass is 10.0. The number of phenolic OH excluding ortho intramolecular Hbond substituents is 1. The monoisotopic (exact) mass is 278 g/mol. The molecule has 0 radical (unpaired) electrons. The normalized spacial score (nSPS) is 20.4. The number of aromatic hydroxyl groups is 1. The number of hydrogen-bond acceptors (Lipinski definition) is 5. The number of piperidine rings is 1. The Morgan fingerprint density at radius 3 is 2.85 bits per heavy atom. The van der Waals surface area contributed by atoms with Gasteiger partial charge in [-0.3, -0.25) is 20.2 Å². The molecule has 2 unspecified atom stereocenters. The number of phenols is 1. The Balaban J connectivity index is 2.10. The number of benzene rings is 1. The second kappa shape index (κ2) is 5.92. The summed E-state index contributed by atoms with van der Waals surface area (Å²) in [5.41, 5.74) is 0.647. The molecule has 1 saturated heterocycles. The van der Waals surface area contributed by atoms with E-state index in [0.29, 0.717) is 24.2 Å². The van der Waals surface area contributed by atoms with Gasteiger partial charge in [0.15, 0.2) is 0 Å². The highest BCUT2D eigenvalue weighted by molar-refractivity contribution is 6.00. The van der Waals surface area contributed by atoms with Gasteiger partial charge in [-0.25, -0.2) is 0 Å². The Kier molecular flexibility index (Phi) is 4.24. The topological polar surface area (TPSA) is 87.7 Å². The van der Waals surface area contributed by atoms with Crippen LogP contribution in [-0.2, 0) is 9.59 Å². The lowest BCUT2D eigenvalue weighted by Gasteiger charge is -2.26. The summed E-state index contributed by atoms with van der Waals surface area (Å²) in [5, 5.41) is 15.3. The van der Waals surface area contributed by atoms with Gasteiger partial charge in [0.2, 0.25) is 11.8 Å². The number of carbonyl (C=O) groups is 2. The standard InChI is InChI=1S/C14H18N2O4/c1-8(10-7-9(20-2)3-5-12(10)17)15-11-4-6-13(18)16-14(11)19/h3,5,7-8,11,15,17H,4,6H2,1-2H3,(H,16,18,19). The summed E-state index contributed by atoms with van der Waals surface area (Å²) < 4.78 is 5.12. The van der Waals surface area contributed by atoms with Crippen LogP contribution in [0.15, 0.2) is 18.2 Å². The summed E-state index contributed by atoms with van der Waals surface area (Å²) >= 11 is 0. The van der Waals surface area contributed by atoms with Crippen LogP contribution in [0.25, 0.3) is 0 Å². The Labute approximate surface area is 117 Å². The zero-order chi connectivity index (χ0) is 14.7. The average molecular weight is 278 g/mol. The van der Waals surface area contributed by atoms with E-state index in [-0.39, 0.29) is 23.6 Å². The molecule has 0 aliphatic carbocycles. The number of amides is 2. The maximum atomic E-state index is 11.7. The van der Waals surface area contributed by atoms with Gasteiger partial charge >= 0.3 is 0 Å². The van der Waals surface area contributed by atoms with Gasteiger partial charge in [-0.2, -0.15) is 0 Å². The van der Waals surface area contributed by atoms with Crippen LogP contribution in [0.5, 0.6) is 11.5 Å². The van der Waals surface area contributed by atoms with E-state index in [0.717, 1.165) is 0 Å². The van der Waals surface area contributed by atoms with Gasteiger partial charge in [0.1, 0.15) is 11.5 Å². The predicted molar refractivity (Wildman–Crippen MR) is 72.4 cm³/mol. The molecule has 0 spiro atoms. The largest absolute Gasteiger partial charge is 0.508 e. The molecule has 0 saturated carbocycles. The first-order valence-corrected chi connectivity index (χ1v) is 6.48. The van der Waals surface area contributed by atoms with Gasteiger partial charge in [0.05, 0.1) is 13.2 Å². The van der Waals surface area contributed by atoms with Crippen LogP contribution in [-0.4, -0.2) is 30.1 Å². The van der Waals surface area contributed by atoms with Crippen molar-refractivity contribution in [3.63, 3.8) is 0 Å². The minimum Gasteiger partial charge on any atom is -0.508 e. The third-order valence-electron chi connectivity index (χ3n) is 3.39. The van der Waals surface area contributed by atoms with Crippen LogP contribution in [0.2, 0.25) is 0 Å². The molecule has 1 fully saturated rings. The number of methoxy groups -OCH3 is 1. The highest BCUT2D eigenvalue weighted by atomic mass is 16.5. The van der Waals surface area contributed by atoms with E-state index in [1.165, 1.54) is 0 Å². The predicted octanol–water partition coefficient (Wildman–Crippen LogP) is 0.857. The van der Waals surface area contributed by atoms with Crippen LogP contribution in [0.1, 0.15) is 31.4 Å². The first-order valence-electron chi connectivity index (χ1n) is 6.48. The van der Waals surface area contributed by atoms with E-state index in [1.807, 2.05) is 6.92 Å². The van der Waals surface area contributed by atoms with E-state index in [2.05, 4.69) is 10.6 Å². The number of rotatable bonds is 4. The second-order valence-corrected chi connectivity index (χ2v) is 4.82. The summed E-state index contributed by atoms with van der Waals surface area (Å²) in [7, 11) is 1.55. The molecule has 3 N–H and O–H groups in total.